The number of nitrogens with one attached hydrogen (secondary N) is 1. The Bertz CT molecular complexity index is 581. The lowest BCUT2D eigenvalue weighted by Gasteiger charge is -2.15. The number of nitrogens with zero attached hydrogens (tertiary/aromatic N) is 2. The van der Waals surface area contributed by atoms with E-state index in [0.29, 0.717) is 22.1 Å². The highest BCUT2D eigenvalue weighted by atomic mass is 35.5. The molecule has 1 heterocycles. The number of benzene rings is 1. The van der Waals surface area contributed by atoms with Crippen molar-refractivity contribution in [3.63, 3.8) is 0 Å². The van der Waals surface area contributed by atoms with Crippen molar-refractivity contribution in [3.05, 3.63) is 53.2 Å². The van der Waals surface area contributed by atoms with E-state index in [9.17, 15) is 4.79 Å². The third-order valence-electron chi connectivity index (χ3n) is 2.56. The molecule has 0 fully saturated rings. The number of carbonyl (C=O) groups is 1. The van der Waals surface area contributed by atoms with Crippen LogP contribution < -0.4 is 10.2 Å². The highest BCUT2D eigenvalue weighted by molar-refractivity contribution is 6.30. The van der Waals surface area contributed by atoms with Gasteiger partial charge in [0.1, 0.15) is 5.82 Å². The molecule has 2 rings (SSSR count). The SMILES string of the molecule is CN(C)c1ncccc1C(=O)Nc1ccc(Cl)cc1. The van der Waals surface area contributed by atoms with Crippen LogP contribution in [0, 0.1) is 0 Å². The largest absolute Gasteiger partial charge is 0.362 e. The van der Waals surface area contributed by atoms with Crippen LogP contribution in [0.1, 0.15) is 10.4 Å². The average molecular weight is 276 g/mol. The number of amides is 1. The summed E-state index contributed by atoms with van der Waals surface area (Å²) >= 11 is 5.80. The second-order valence-corrected chi connectivity index (χ2v) is 4.67. The first-order chi connectivity index (χ1) is 9.08. The van der Waals surface area contributed by atoms with Gasteiger partial charge in [-0.15, -0.1) is 0 Å². The van der Waals surface area contributed by atoms with Gasteiger partial charge in [0.05, 0.1) is 5.56 Å². The normalized spacial score (nSPS) is 10.1. The molecule has 1 aromatic carbocycles. The molecule has 5 heteroatoms. The molecule has 1 aromatic heterocycles. The van der Waals surface area contributed by atoms with E-state index < -0.39 is 0 Å². The van der Waals surface area contributed by atoms with Crippen molar-refractivity contribution in [2.24, 2.45) is 0 Å². The first-order valence-corrected chi connectivity index (χ1v) is 6.15. The first kappa shape index (κ1) is 13.4. The zero-order valence-corrected chi connectivity index (χ0v) is 11.5. The molecule has 19 heavy (non-hydrogen) atoms. The number of hydrogen-bond donors (Lipinski definition) is 1. The second kappa shape index (κ2) is 5.71. The van der Waals surface area contributed by atoms with Crippen LogP contribution in [-0.4, -0.2) is 25.0 Å². The summed E-state index contributed by atoms with van der Waals surface area (Å²) in [5.41, 5.74) is 1.23. The lowest BCUT2D eigenvalue weighted by molar-refractivity contribution is 0.102. The van der Waals surface area contributed by atoms with Crippen molar-refractivity contribution < 1.29 is 4.79 Å². The maximum atomic E-state index is 12.2. The molecule has 0 bridgehead atoms. The summed E-state index contributed by atoms with van der Waals surface area (Å²) in [7, 11) is 3.70. The number of rotatable bonds is 3. The summed E-state index contributed by atoms with van der Waals surface area (Å²) in [6.07, 6.45) is 1.66. The Kier molecular flexibility index (Phi) is 4.02. The van der Waals surface area contributed by atoms with Gasteiger partial charge in [0.25, 0.3) is 5.91 Å². The third-order valence-corrected chi connectivity index (χ3v) is 2.81. The van der Waals surface area contributed by atoms with Gasteiger partial charge in [0, 0.05) is 31.0 Å². The topological polar surface area (TPSA) is 45.2 Å². The molecule has 0 saturated carbocycles. The molecular weight excluding hydrogens is 262 g/mol. The molecule has 0 aliphatic rings. The Hall–Kier alpha value is -2.07. The number of pyridine rings is 1. The van der Waals surface area contributed by atoms with Crippen molar-refractivity contribution in [2.75, 3.05) is 24.3 Å². The molecule has 1 N–H and O–H groups in total. The van der Waals surface area contributed by atoms with Gasteiger partial charge in [-0.1, -0.05) is 11.6 Å². The minimum atomic E-state index is -0.195. The minimum Gasteiger partial charge on any atom is -0.362 e. The van der Waals surface area contributed by atoms with E-state index in [1.807, 2.05) is 14.1 Å². The smallest absolute Gasteiger partial charge is 0.259 e. The van der Waals surface area contributed by atoms with Crippen LogP contribution in [0.4, 0.5) is 11.5 Å². The van der Waals surface area contributed by atoms with E-state index >= 15 is 0 Å². The summed E-state index contributed by atoms with van der Waals surface area (Å²) in [5.74, 6) is 0.438. The van der Waals surface area contributed by atoms with E-state index in [1.54, 1.807) is 47.5 Å². The van der Waals surface area contributed by atoms with Crippen molar-refractivity contribution in [3.8, 4) is 0 Å². The quantitative estimate of drug-likeness (QED) is 0.936. The minimum absolute atomic E-state index is 0.195. The molecule has 2 aromatic rings. The van der Waals surface area contributed by atoms with Crippen LogP contribution >= 0.6 is 11.6 Å². The van der Waals surface area contributed by atoms with Gasteiger partial charge < -0.3 is 10.2 Å². The zero-order chi connectivity index (χ0) is 13.8. The van der Waals surface area contributed by atoms with Crippen molar-refractivity contribution >= 4 is 29.0 Å². The predicted molar refractivity (Wildman–Crippen MR) is 78.0 cm³/mol. The van der Waals surface area contributed by atoms with Crippen LogP contribution in [0.5, 0.6) is 0 Å². The van der Waals surface area contributed by atoms with Crippen molar-refractivity contribution in [1.29, 1.82) is 0 Å². The highest BCUT2D eigenvalue weighted by Gasteiger charge is 2.13. The zero-order valence-electron chi connectivity index (χ0n) is 10.7. The Balaban J connectivity index is 2.23. The number of halogens is 1. The van der Waals surface area contributed by atoms with Gasteiger partial charge in [0.15, 0.2) is 0 Å². The molecule has 0 spiro atoms. The van der Waals surface area contributed by atoms with E-state index in [4.69, 9.17) is 11.6 Å². The summed E-state index contributed by atoms with van der Waals surface area (Å²) in [5, 5.41) is 3.45. The third kappa shape index (κ3) is 3.23. The van der Waals surface area contributed by atoms with Gasteiger partial charge >= 0.3 is 0 Å². The Morgan fingerprint density at radius 1 is 1.21 bits per heavy atom. The second-order valence-electron chi connectivity index (χ2n) is 4.23. The summed E-state index contributed by atoms with van der Waals surface area (Å²) < 4.78 is 0. The maximum absolute atomic E-state index is 12.2. The molecule has 0 aliphatic carbocycles. The average Bonchev–Trinajstić information content (AvgIpc) is 2.41. The van der Waals surface area contributed by atoms with E-state index in [0.717, 1.165) is 0 Å². The summed E-state index contributed by atoms with van der Waals surface area (Å²) in [4.78, 5) is 18.2. The molecule has 0 atom stereocenters. The molecule has 1 amide bonds. The maximum Gasteiger partial charge on any atom is 0.259 e. The van der Waals surface area contributed by atoms with Crippen molar-refractivity contribution in [1.82, 2.24) is 4.98 Å². The van der Waals surface area contributed by atoms with Gasteiger partial charge in [-0.3, -0.25) is 4.79 Å². The Morgan fingerprint density at radius 3 is 2.53 bits per heavy atom. The fourth-order valence-electron chi connectivity index (χ4n) is 1.66. The summed E-state index contributed by atoms with van der Waals surface area (Å²) in [6, 6.07) is 10.5. The molecule has 0 radical (unpaired) electrons. The molecule has 98 valence electrons. The lowest BCUT2D eigenvalue weighted by atomic mass is 10.2. The molecule has 4 nitrogen and oxygen atoms in total. The van der Waals surface area contributed by atoms with Crippen LogP contribution in [0.25, 0.3) is 0 Å². The highest BCUT2D eigenvalue weighted by Crippen LogP contribution is 2.18. The Morgan fingerprint density at radius 2 is 1.89 bits per heavy atom. The fourth-order valence-corrected chi connectivity index (χ4v) is 1.79. The van der Waals surface area contributed by atoms with E-state index in [2.05, 4.69) is 10.3 Å². The Labute approximate surface area is 117 Å². The summed E-state index contributed by atoms with van der Waals surface area (Å²) in [6.45, 7) is 0. The monoisotopic (exact) mass is 275 g/mol. The van der Waals surface area contributed by atoms with E-state index in [-0.39, 0.29) is 5.91 Å². The van der Waals surface area contributed by atoms with Crippen LogP contribution in [0.15, 0.2) is 42.6 Å². The van der Waals surface area contributed by atoms with Gasteiger partial charge in [-0.25, -0.2) is 4.98 Å². The van der Waals surface area contributed by atoms with Crippen LogP contribution in [0.3, 0.4) is 0 Å². The predicted octanol–water partition coefficient (Wildman–Crippen LogP) is 3.05. The number of hydrogen-bond acceptors (Lipinski definition) is 3. The standard InChI is InChI=1S/C14H14ClN3O/c1-18(2)13-12(4-3-9-16-13)14(19)17-11-7-5-10(15)6-8-11/h3-9H,1-2H3,(H,17,19). The lowest BCUT2D eigenvalue weighted by Crippen LogP contribution is -2.19. The van der Waals surface area contributed by atoms with Crippen molar-refractivity contribution in [2.45, 2.75) is 0 Å². The van der Waals surface area contributed by atoms with E-state index in [1.165, 1.54) is 0 Å². The van der Waals surface area contributed by atoms with Crippen LogP contribution in [-0.2, 0) is 0 Å². The fraction of sp³-hybridized carbons (Fsp3) is 0.143. The molecule has 0 saturated heterocycles. The molecular formula is C14H14ClN3O. The number of anilines is 2. The van der Waals surface area contributed by atoms with Crippen LogP contribution in [0.2, 0.25) is 5.02 Å². The van der Waals surface area contributed by atoms with Gasteiger partial charge in [-0.2, -0.15) is 0 Å². The van der Waals surface area contributed by atoms with Gasteiger partial charge in [-0.05, 0) is 36.4 Å². The first-order valence-electron chi connectivity index (χ1n) is 5.77. The number of aromatic nitrogens is 1. The van der Waals surface area contributed by atoms with Gasteiger partial charge in [0.2, 0.25) is 0 Å². The molecule has 0 aliphatic heterocycles. The number of carbonyl (C=O) groups excluding carboxylic acids is 1. The molecule has 0 unspecified atom stereocenters.